The smallest absolute Gasteiger partial charge is 0.241 e. The highest BCUT2D eigenvalue weighted by molar-refractivity contribution is 7.89. The van der Waals surface area contributed by atoms with Crippen molar-refractivity contribution in [3.63, 3.8) is 0 Å². The third-order valence-corrected chi connectivity index (χ3v) is 5.40. The zero-order valence-electron chi connectivity index (χ0n) is 12.1. The molecule has 1 heterocycles. The zero-order valence-corrected chi connectivity index (χ0v) is 13.8. The molecule has 0 aliphatic carbocycles. The third kappa shape index (κ3) is 3.95. The van der Waals surface area contributed by atoms with E-state index in [0.29, 0.717) is 17.4 Å². The number of hydrogen-bond acceptors (Lipinski definition) is 3. The van der Waals surface area contributed by atoms with Crippen LogP contribution >= 0.6 is 12.4 Å². The summed E-state index contributed by atoms with van der Waals surface area (Å²) in [5.74, 6) is 0.363. The highest BCUT2D eigenvalue weighted by Crippen LogP contribution is 2.19. The molecule has 2 unspecified atom stereocenters. The van der Waals surface area contributed by atoms with Gasteiger partial charge in [-0.25, -0.2) is 13.1 Å². The van der Waals surface area contributed by atoms with E-state index in [9.17, 15) is 8.42 Å². The Morgan fingerprint density at radius 1 is 1.30 bits per heavy atom. The van der Waals surface area contributed by atoms with Gasteiger partial charge in [-0.3, -0.25) is 0 Å². The van der Waals surface area contributed by atoms with Crippen molar-refractivity contribution in [3.05, 3.63) is 29.3 Å². The Morgan fingerprint density at radius 2 is 2.00 bits per heavy atom. The van der Waals surface area contributed by atoms with Gasteiger partial charge in [0.2, 0.25) is 10.0 Å². The Morgan fingerprint density at radius 3 is 2.60 bits per heavy atom. The van der Waals surface area contributed by atoms with E-state index in [1.54, 1.807) is 6.07 Å². The van der Waals surface area contributed by atoms with Crippen molar-refractivity contribution < 1.29 is 8.42 Å². The SMILES string of the molecule is Cc1ccc(S(=O)(=O)NC2CNCCC2C)c(C)c1.Cl. The van der Waals surface area contributed by atoms with Crippen LogP contribution in [0.3, 0.4) is 0 Å². The predicted molar refractivity (Wildman–Crippen MR) is 83.9 cm³/mol. The molecule has 2 N–H and O–H groups in total. The molecule has 0 radical (unpaired) electrons. The van der Waals surface area contributed by atoms with Crippen LogP contribution in [0.25, 0.3) is 0 Å². The molecule has 0 saturated carbocycles. The first-order chi connectivity index (χ1) is 8.90. The normalized spacial score (nSPS) is 23.1. The molecule has 20 heavy (non-hydrogen) atoms. The summed E-state index contributed by atoms with van der Waals surface area (Å²) in [5, 5.41) is 3.24. The maximum atomic E-state index is 12.4. The monoisotopic (exact) mass is 318 g/mol. The quantitative estimate of drug-likeness (QED) is 0.896. The number of sulfonamides is 1. The highest BCUT2D eigenvalue weighted by atomic mass is 35.5. The second-order valence-electron chi connectivity index (χ2n) is 5.47. The van der Waals surface area contributed by atoms with Crippen molar-refractivity contribution in [2.45, 2.75) is 38.1 Å². The van der Waals surface area contributed by atoms with Gasteiger partial charge in [0.05, 0.1) is 4.90 Å². The summed E-state index contributed by atoms with van der Waals surface area (Å²) < 4.78 is 27.7. The van der Waals surface area contributed by atoms with E-state index >= 15 is 0 Å². The van der Waals surface area contributed by atoms with Gasteiger partial charge >= 0.3 is 0 Å². The molecule has 114 valence electrons. The van der Waals surface area contributed by atoms with Gasteiger partial charge in [-0.15, -0.1) is 12.4 Å². The lowest BCUT2D eigenvalue weighted by atomic mass is 9.96. The molecule has 6 heteroatoms. The van der Waals surface area contributed by atoms with Gasteiger partial charge in [-0.05, 0) is 44.4 Å². The lowest BCUT2D eigenvalue weighted by Crippen LogP contribution is -2.50. The first-order valence-corrected chi connectivity index (χ1v) is 8.19. The standard InChI is InChI=1S/C14H22N2O2S.ClH/c1-10-4-5-14(12(3)8-10)19(17,18)16-13-9-15-7-6-11(13)2;/h4-5,8,11,13,15-16H,6-7,9H2,1-3H3;1H. The molecule has 1 aliphatic rings. The van der Waals surface area contributed by atoms with Gasteiger partial charge in [0.15, 0.2) is 0 Å². The molecule has 4 nitrogen and oxygen atoms in total. The fourth-order valence-electron chi connectivity index (χ4n) is 2.51. The average molecular weight is 319 g/mol. The number of benzene rings is 1. The molecular weight excluding hydrogens is 296 g/mol. The first-order valence-electron chi connectivity index (χ1n) is 6.70. The molecule has 2 atom stereocenters. The van der Waals surface area contributed by atoms with Gasteiger partial charge < -0.3 is 5.32 Å². The topological polar surface area (TPSA) is 58.2 Å². The first kappa shape index (κ1) is 17.4. The Hall–Kier alpha value is -0.620. The molecule has 1 aliphatic heterocycles. The van der Waals surface area contributed by atoms with Crippen LogP contribution in [0, 0.1) is 19.8 Å². The molecule has 0 amide bonds. The van der Waals surface area contributed by atoms with E-state index in [4.69, 9.17) is 0 Å². The summed E-state index contributed by atoms with van der Waals surface area (Å²) in [6.45, 7) is 7.55. The van der Waals surface area contributed by atoms with Crippen LogP contribution in [0.2, 0.25) is 0 Å². The van der Waals surface area contributed by atoms with E-state index < -0.39 is 10.0 Å². The highest BCUT2D eigenvalue weighted by Gasteiger charge is 2.27. The molecule has 1 aromatic carbocycles. The van der Waals surface area contributed by atoms with E-state index in [-0.39, 0.29) is 18.4 Å². The Balaban J connectivity index is 0.00000200. The summed E-state index contributed by atoms with van der Waals surface area (Å²) in [6.07, 6.45) is 1.00. The minimum atomic E-state index is -3.43. The van der Waals surface area contributed by atoms with Crippen LogP contribution in [0.1, 0.15) is 24.5 Å². The van der Waals surface area contributed by atoms with Gasteiger partial charge in [0, 0.05) is 12.6 Å². The van der Waals surface area contributed by atoms with Crippen LogP contribution in [-0.4, -0.2) is 27.5 Å². The van der Waals surface area contributed by atoms with Gasteiger partial charge in [-0.1, -0.05) is 24.6 Å². The second-order valence-corrected chi connectivity index (χ2v) is 7.15. The van der Waals surface area contributed by atoms with Crippen molar-refractivity contribution in [2.75, 3.05) is 13.1 Å². The van der Waals surface area contributed by atoms with Crippen LogP contribution in [0.15, 0.2) is 23.1 Å². The molecule has 1 fully saturated rings. The summed E-state index contributed by atoms with van der Waals surface area (Å²) in [7, 11) is -3.43. The number of rotatable bonds is 3. The zero-order chi connectivity index (χ0) is 14.0. The van der Waals surface area contributed by atoms with Gasteiger partial charge in [-0.2, -0.15) is 0 Å². The molecule has 0 bridgehead atoms. The lowest BCUT2D eigenvalue weighted by molar-refractivity contribution is 0.327. The summed E-state index contributed by atoms with van der Waals surface area (Å²) in [6, 6.07) is 5.40. The molecule has 1 aromatic rings. The van der Waals surface area contributed by atoms with Crippen LogP contribution in [-0.2, 0) is 10.0 Å². The van der Waals surface area contributed by atoms with Crippen LogP contribution in [0.4, 0.5) is 0 Å². The average Bonchev–Trinajstić information content (AvgIpc) is 2.31. The minimum absolute atomic E-state index is 0. The van der Waals surface area contributed by atoms with Crippen molar-refractivity contribution >= 4 is 22.4 Å². The summed E-state index contributed by atoms with van der Waals surface area (Å²) in [4.78, 5) is 0.385. The Bertz CT molecular complexity index is 560. The van der Waals surface area contributed by atoms with Crippen molar-refractivity contribution in [1.82, 2.24) is 10.0 Å². The Kier molecular flexibility index (Phi) is 6.01. The number of piperidine rings is 1. The van der Waals surface area contributed by atoms with E-state index in [0.717, 1.165) is 24.1 Å². The van der Waals surface area contributed by atoms with E-state index in [1.165, 1.54) is 0 Å². The molecule has 1 saturated heterocycles. The Labute approximate surface area is 127 Å². The second kappa shape index (κ2) is 6.89. The summed E-state index contributed by atoms with van der Waals surface area (Å²) >= 11 is 0. The summed E-state index contributed by atoms with van der Waals surface area (Å²) in [5.41, 5.74) is 1.87. The van der Waals surface area contributed by atoms with Crippen LogP contribution < -0.4 is 10.0 Å². The molecule has 2 rings (SSSR count). The van der Waals surface area contributed by atoms with Gasteiger partial charge in [0.1, 0.15) is 0 Å². The minimum Gasteiger partial charge on any atom is -0.315 e. The predicted octanol–water partition coefficient (Wildman–Crippen LogP) is 2.00. The van der Waals surface area contributed by atoms with Crippen LogP contribution in [0.5, 0.6) is 0 Å². The number of nitrogens with one attached hydrogen (secondary N) is 2. The number of halogens is 1. The number of aryl methyl sites for hydroxylation is 2. The van der Waals surface area contributed by atoms with Crippen molar-refractivity contribution in [2.24, 2.45) is 5.92 Å². The fourth-order valence-corrected chi connectivity index (χ4v) is 4.08. The molecule has 0 spiro atoms. The third-order valence-electron chi connectivity index (χ3n) is 3.75. The molecule has 0 aromatic heterocycles. The van der Waals surface area contributed by atoms with E-state index in [2.05, 4.69) is 17.0 Å². The van der Waals surface area contributed by atoms with Gasteiger partial charge in [0.25, 0.3) is 0 Å². The largest absolute Gasteiger partial charge is 0.315 e. The lowest BCUT2D eigenvalue weighted by Gasteiger charge is -2.30. The fraction of sp³-hybridized carbons (Fsp3) is 0.571. The number of hydrogen-bond donors (Lipinski definition) is 2. The maximum Gasteiger partial charge on any atom is 0.241 e. The maximum absolute atomic E-state index is 12.4. The van der Waals surface area contributed by atoms with E-state index in [1.807, 2.05) is 26.0 Å². The van der Waals surface area contributed by atoms with Crippen molar-refractivity contribution in [1.29, 1.82) is 0 Å². The van der Waals surface area contributed by atoms with Crippen molar-refractivity contribution in [3.8, 4) is 0 Å². The molecular formula is C14H23ClN2O2S.